The van der Waals surface area contributed by atoms with Gasteiger partial charge in [-0.2, -0.15) is 0 Å². The van der Waals surface area contributed by atoms with Gasteiger partial charge in [-0.1, -0.05) is 23.5 Å². The van der Waals surface area contributed by atoms with Crippen LogP contribution in [0, 0.1) is 6.92 Å². The molecule has 0 fully saturated rings. The van der Waals surface area contributed by atoms with Gasteiger partial charge in [0.1, 0.15) is 4.88 Å². The van der Waals surface area contributed by atoms with Crippen LogP contribution in [0.5, 0.6) is 0 Å². The second-order valence-electron chi connectivity index (χ2n) is 3.89. The van der Waals surface area contributed by atoms with E-state index < -0.39 is 0 Å². The average Bonchev–Trinajstić information content (AvgIpc) is 2.66. The van der Waals surface area contributed by atoms with Gasteiger partial charge in [0.2, 0.25) is 0 Å². The number of nitrogens with two attached hydrogens (primary N) is 2. The van der Waals surface area contributed by atoms with Crippen LogP contribution in [-0.2, 0) is 6.54 Å². The molecule has 0 aliphatic rings. The van der Waals surface area contributed by atoms with Gasteiger partial charge in [0.05, 0.1) is 5.69 Å². The maximum atomic E-state index is 11.9. The molecule has 18 heavy (non-hydrogen) atoms. The van der Waals surface area contributed by atoms with E-state index in [2.05, 4.69) is 10.3 Å². The molecule has 0 saturated heterocycles. The first-order valence-corrected chi connectivity index (χ1v) is 6.23. The maximum absolute atomic E-state index is 11.9. The summed E-state index contributed by atoms with van der Waals surface area (Å²) in [4.78, 5) is 16.5. The van der Waals surface area contributed by atoms with Crippen LogP contribution >= 0.6 is 11.3 Å². The fourth-order valence-corrected chi connectivity index (χ4v) is 2.34. The SMILES string of the molecule is Cc1nc(N)sc1C(=O)NCc1cccc(N)c1. The van der Waals surface area contributed by atoms with E-state index in [1.54, 1.807) is 13.0 Å². The third kappa shape index (κ3) is 2.78. The van der Waals surface area contributed by atoms with Crippen LogP contribution in [-0.4, -0.2) is 10.9 Å². The molecular weight excluding hydrogens is 248 g/mol. The summed E-state index contributed by atoms with van der Waals surface area (Å²) in [6.45, 7) is 2.20. The van der Waals surface area contributed by atoms with Crippen LogP contribution < -0.4 is 16.8 Å². The van der Waals surface area contributed by atoms with E-state index in [4.69, 9.17) is 11.5 Å². The van der Waals surface area contributed by atoms with Crippen molar-refractivity contribution >= 4 is 28.1 Å². The number of rotatable bonds is 3. The first kappa shape index (κ1) is 12.4. The molecule has 5 N–H and O–H groups in total. The minimum absolute atomic E-state index is 0.163. The van der Waals surface area contributed by atoms with Crippen LogP contribution in [0.1, 0.15) is 20.9 Å². The molecule has 0 unspecified atom stereocenters. The van der Waals surface area contributed by atoms with Gasteiger partial charge in [0.15, 0.2) is 5.13 Å². The minimum atomic E-state index is -0.163. The molecule has 0 bridgehead atoms. The molecule has 0 aliphatic heterocycles. The lowest BCUT2D eigenvalue weighted by Crippen LogP contribution is -2.22. The number of carbonyl (C=O) groups is 1. The second kappa shape index (κ2) is 5.05. The molecule has 1 heterocycles. The van der Waals surface area contributed by atoms with Crippen molar-refractivity contribution in [2.45, 2.75) is 13.5 Å². The van der Waals surface area contributed by atoms with Crippen molar-refractivity contribution in [1.82, 2.24) is 10.3 Å². The first-order chi connectivity index (χ1) is 8.56. The van der Waals surface area contributed by atoms with Crippen molar-refractivity contribution in [3.63, 3.8) is 0 Å². The summed E-state index contributed by atoms with van der Waals surface area (Å²) < 4.78 is 0. The highest BCUT2D eigenvalue weighted by atomic mass is 32.1. The van der Waals surface area contributed by atoms with E-state index in [9.17, 15) is 4.79 Å². The Hall–Kier alpha value is -2.08. The van der Waals surface area contributed by atoms with Crippen LogP contribution in [0.3, 0.4) is 0 Å². The van der Waals surface area contributed by atoms with Gasteiger partial charge in [-0.25, -0.2) is 4.98 Å². The zero-order valence-corrected chi connectivity index (χ0v) is 10.8. The van der Waals surface area contributed by atoms with E-state index in [0.717, 1.165) is 5.56 Å². The Bertz CT molecular complexity index is 579. The lowest BCUT2D eigenvalue weighted by Gasteiger charge is -2.04. The molecule has 0 saturated carbocycles. The third-order valence-electron chi connectivity index (χ3n) is 2.42. The summed E-state index contributed by atoms with van der Waals surface area (Å²) in [5, 5.41) is 3.22. The number of hydrogen-bond donors (Lipinski definition) is 3. The van der Waals surface area contributed by atoms with Crippen molar-refractivity contribution in [3.8, 4) is 0 Å². The van der Waals surface area contributed by atoms with Gasteiger partial charge in [0, 0.05) is 12.2 Å². The molecule has 5 nitrogen and oxygen atoms in total. The summed E-state index contributed by atoms with van der Waals surface area (Å²) in [5.74, 6) is -0.163. The highest BCUT2D eigenvalue weighted by Crippen LogP contribution is 2.19. The first-order valence-electron chi connectivity index (χ1n) is 5.42. The molecule has 1 aromatic carbocycles. The zero-order valence-electron chi connectivity index (χ0n) is 9.93. The smallest absolute Gasteiger partial charge is 0.263 e. The molecule has 2 aromatic rings. The fourth-order valence-electron chi connectivity index (χ4n) is 1.59. The molecule has 0 atom stereocenters. The predicted octanol–water partition coefficient (Wildman–Crippen LogP) is 1.55. The molecule has 0 spiro atoms. The van der Waals surface area contributed by atoms with Crippen molar-refractivity contribution in [3.05, 3.63) is 40.4 Å². The number of nitrogens with one attached hydrogen (secondary N) is 1. The van der Waals surface area contributed by atoms with Crippen LogP contribution in [0.4, 0.5) is 10.8 Å². The van der Waals surface area contributed by atoms with E-state index in [1.165, 1.54) is 11.3 Å². The van der Waals surface area contributed by atoms with Gasteiger partial charge in [-0.05, 0) is 24.6 Å². The Morgan fingerprint density at radius 1 is 1.44 bits per heavy atom. The van der Waals surface area contributed by atoms with Gasteiger partial charge in [-0.15, -0.1) is 0 Å². The summed E-state index contributed by atoms with van der Waals surface area (Å²) in [6, 6.07) is 7.39. The monoisotopic (exact) mass is 262 g/mol. The number of nitrogen functional groups attached to an aromatic ring is 2. The fraction of sp³-hybridized carbons (Fsp3) is 0.167. The summed E-state index contributed by atoms with van der Waals surface area (Å²) >= 11 is 1.19. The summed E-state index contributed by atoms with van der Waals surface area (Å²) in [5.41, 5.74) is 13.5. The number of nitrogens with zero attached hydrogens (tertiary/aromatic N) is 1. The van der Waals surface area contributed by atoms with Gasteiger partial charge < -0.3 is 16.8 Å². The Labute approximate surface area is 109 Å². The summed E-state index contributed by atoms with van der Waals surface area (Å²) in [6.07, 6.45) is 0. The molecule has 2 rings (SSSR count). The van der Waals surface area contributed by atoms with Crippen LogP contribution in [0.25, 0.3) is 0 Å². The number of amides is 1. The number of aromatic nitrogens is 1. The number of thiazole rings is 1. The summed E-state index contributed by atoms with van der Waals surface area (Å²) in [7, 11) is 0. The Morgan fingerprint density at radius 3 is 2.83 bits per heavy atom. The second-order valence-corrected chi connectivity index (χ2v) is 4.92. The molecule has 1 amide bonds. The normalized spacial score (nSPS) is 10.3. The predicted molar refractivity (Wildman–Crippen MR) is 73.3 cm³/mol. The maximum Gasteiger partial charge on any atom is 0.263 e. The largest absolute Gasteiger partial charge is 0.399 e. The van der Waals surface area contributed by atoms with Crippen LogP contribution in [0.15, 0.2) is 24.3 Å². The molecule has 0 aliphatic carbocycles. The number of carbonyl (C=O) groups excluding carboxylic acids is 1. The Kier molecular flexibility index (Phi) is 3.47. The highest BCUT2D eigenvalue weighted by Gasteiger charge is 2.13. The number of aryl methyl sites for hydroxylation is 1. The average molecular weight is 262 g/mol. The van der Waals surface area contributed by atoms with Gasteiger partial charge >= 0.3 is 0 Å². The van der Waals surface area contributed by atoms with Crippen molar-refractivity contribution in [2.24, 2.45) is 0 Å². The molecular formula is C12H14N4OS. The van der Waals surface area contributed by atoms with Crippen molar-refractivity contribution in [1.29, 1.82) is 0 Å². The Balaban J connectivity index is 2.03. The topological polar surface area (TPSA) is 94.0 Å². The quantitative estimate of drug-likeness (QED) is 0.731. The van der Waals surface area contributed by atoms with E-state index in [0.29, 0.717) is 27.9 Å². The molecule has 1 aromatic heterocycles. The number of anilines is 2. The molecule has 0 radical (unpaired) electrons. The van der Waals surface area contributed by atoms with Crippen molar-refractivity contribution in [2.75, 3.05) is 11.5 Å². The molecule has 6 heteroatoms. The zero-order chi connectivity index (χ0) is 13.1. The number of benzene rings is 1. The standard InChI is InChI=1S/C12H14N4OS/c1-7-10(18-12(14)16-7)11(17)15-6-8-3-2-4-9(13)5-8/h2-5H,6,13H2,1H3,(H2,14,16)(H,15,17). The lowest BCUT2D eigenvalue weighted by atomic mass is 10.2. The highest BCUT2D eigenvalue weighted by molar-refractivity contribution is 7.17. The van der Waals surface area contributed by atoms with Crippen LogP contribution in [0.2, 0.25) is 0 Å². The number of hydrogen-bond acceptors (Lipinski definition) is 5. The van der Waals surface area contributed by atoms with E-state index >= 15 is 0 Å². The van der Waals surface area contributed by atoms with Crippen molar-refractivity contribution < 1.29 is 4.79 Å². The van der Waals surface area contributed by atoms with Gasteiger partial charge in [-0.3, -0.25) is 4.79 Å². The third-order valence-corrected chi connectivity index (χ3v) is 3.41. The molecule has 94 valence electrons. The Morgan fingerprint density at radius 2 is 2.22 bits per heavy atom. The minimum Gasteiger partial charge on any atom is -0.399 e. The van der Waals surface area contributed by atoms with E-state index in [1.807, 2.05) is 18.2 Å². The lowest BCUT2D eigenvalue weighted by molar-refractivity contribution is 0.0954. The van der Waals surface area contributed by atoms with E-state index in [-0.39, 0.29) is 5.91 Å². The van der Waals surface area contributed by atoms with Gasteiger partial charge in [0.25, 0.3) is 5.91 Å².